The first kappa shape index (κ1) is 17.8. The van der Waals surface area contributed by atoms with Crippen LogP contribution in [0, 0.1) is 6.92 Å². The van der Waals surface area contributed by atoms with Crippen LogP contribution in [0.15, 0.2) is 74.1 Å². The number of carbonyl (C=O) groups excluding carboxylic acids is 2. The van der Waals surface area contributed by atoms with E-state index in [1.54, 1.807) is 54.8 Å². The predicted octanol–water partition coefficient (Wildman–Crippen LogP) is 5.19. The Morgan fingerprint density at radius 2 is 2.04 bits per heavy atom. The number of hydrogen-bond donors (Lipinski definition) is 1. The van der Waals surface area contributed by atoms with E-state index >= 15 is 0 Å². The van der Waals surface area contributed by atoms with Gasteiger partial charge in [0.15, 0.2) is 5.76 Å². The van der Waals surface area contributed by atoms with Crippen LogP contribution in [0.3, 0.4) is 0 Å². The number of benzene rings is 1. The Morgan fingerprint density at radius 3 is 2.67 bits per heavy atom. The van der Waals surface area contributed by atoms with Crippen LogP contribution >= 0.6 is 27.3 Å². The van der Waals surface area contributed by atoms with Gasteiger partial charge in [0.2, 0.25) is 5.78 Å². The fraction of sp³-hybridized carbons (Fsp3) is 0.100. The smallest absolute Gasteiger partial charge is 0.294 e. The van der Waals surface area contributed by atoms with Crippen molar-refractivity contribution in [3.63, 3.8) is 0 Å². The predicted molar refractivity (Wildman–Crippen MR) is 106 cm³/mol. The largest absolute Gasteiger partial charge is 0.503 e. The van der Waals surface area contributed by atoms with E-state index in [1.807, 2.05) is 6.07 Å². The maximum Gasteiger partial charge on any atom is 0.294 e. The molecular formula is C20H14BrNO4S. The van der Waals surface area contributed by atoms with Gasteiger partial charge in [-0.2, -0.15) is 0 Å². The van der Waals surface area contributed by atoms with Crippen LogP contribution in [0.1, 0.15) is 27.2 Å². The van der Waals surface area contributed by atoms with Gasteiger partial charge < -0.3 is 9.52 Å². The van der Waals surface area contributed by atoms with Crippen molar-refractivity contribution < 1.29 is 19.1 Å². The molecule has 1 amide bonds. The molecule has 136 valence electrons. The summed E-state index contributed by atoms with van der Waals surface area (Å²) in [6, 6.07) is 13.2. The molecule has 0 radical (unpaired) electrons. The van der Waals surface area contributed by atoms with Gasteiger partial charge in [0, 0.05) is 10.2 Å². The zero-order chi connectivity index (χ0) is 19.1. The normalized spacial score (nSPS) is 17.0. The number of Topliss-reactive ketones (excluding diaryl/α,β-unsaturated/α-hetero) is 1. The lowest BCUT2D eigenvalue weighted by atomic mass is 10.00. The minimum Gasteiger partial charge on any atom is -0.503 e. The third kappa shape index (κ3) is 3.02. The Morgan fingerprint density at radius 1 is 1.22 bits per heavy atom. The molecule has 5 nitrogen and oxygen atoms in total. The SMILES string of the molecule is Cc1ccc(C2C(C(=O)c3cccs3)=C(O)C(=O)N2c2cccc(Br)c2)o1. The highest BCUT2D eigenvalue weighted by molar-refractivity contribution is 9.10. The Hall–Kier alpha value is -2.64. The van der Waals surface area contributed by atoms with Crippen molar-refractivity contribution >= 4 is 44.6 Å². The molecule has 0 saturated heterocycles. The molecule has 0 saturated carbocycles. The number of halogens is 1. The van der Waals surface area contributed by atoms with Crippen LogP contribution in [-0.4, -0.2) is 16.8 Å². The number of aryl methyl sites for hydroxylation is 1. The lowest BCUT2D eigenvalue weighted by molar-refractivity contribution is -0.117. The quantitative estimate of drug-likeness (QED) is 0.562. The topological polar surface area (TPSA) is 70.8 Å². The van der Waals surface area contributed by atoms with E-state index < -0.39 is 17.7 Å². The summed E-state index contributed by atoms with van der Waals surface area (Å²) in [5.74, 6) is -0.488. The summed E-state index contributed by atoms with van der Waals surface area (Å²) in [5, 5.41) is 12.4. The zero-order valence-corrected chi connectivity index (χ0v) is 16.6. The molecule has 0 aliphatic carbocycles. The number of thiophene rings is 1. The molecule has 2 aromatic heterocycles. The first-order chi connectivity index (χ1) is 13.0. The van der Waals surface area contributed by atoms with E-state index in [0.717, 1.165) is 4.47 Å². The van der Waals surface area contributed by atoms with Crippen LogP contribution in [-0.2, 0) is 4.79 Å². The van der Waals surface area contributed by atoms with E-state index in [-0.39, 0.29) is 11.4 Å². The summed E-state index contributed by atoms with van der Waals surface area (Å²) in [5.41, 5.74) is 0.575. The van der Waals surface area contributed by atoms with Gasteiger partial charge >= 0.3 is 0 Å². The number of nitrogens with zero attached hydrogens (tertiary/aromatic N) is 1. The van der Waals surface area contributed by atoms with Crippen molar-refractivity contribution in [3.8, 4) is 0 Å². The van der Waals surface area contributed by atoms with Crippen molar-refractivity contribution in [2.45, 2.75) is 13.0 Å². The monoisotopic (exact) mass is 443 g/mol. The van der Waals surface area contributed by atoms with Crippen LogP contribution in [0.5, 0.6) is 0 Å². The fourth-order valence-corrected chi connectivity index (χ4v) is 4.20. The van der Waals surface area contributed by atoms with Crippen molar-refractivity contribution in [2.75, 3.05) is 4.90 Å². The van der Waals surface area contributed by atoms with Crippen LogP contribution < -0.4 is 4.90 Å². The number of furan rings is 1. The second-order valence-electron chi connectivity index (χ2n) is 6.07. The minimum atomic E-state index is -0.838. The summed E-state index contributed by atoms with van der Waals surface area (Å²) >= 11 is 4.66. The number of anilines is 1. The van der Waals surface area contributed by atoms with Gasteiger partial charge in [-0.1, -0.05) is 28.1 Å². The maximum absolute atomic E-state index is 13.1. The van der Waals surface area contributed by atoms with Crippen molar-refractivity contribution in [1.82, 2.24) is 0 Å². The first-order valence-corrected chi connectivity index (χ1v) is 9.81. The van der Waals surface area contributed by atoms with Crippen molar-refractivity contribution in [3.05, 3.63) is 86.1 Å². The van der Waals surface area contributed by atoms with Crippen LogP contribution in [0.4, 0.5) is 5.69 Å². The van der Waals surface area contributed by atoms with Gasteiger partial charge in [-0.15, -0.1) is 11.3 Å². The van der Waals surface area contributed by atoms with Gasteiger partial charge in [-0.3, -0.25) is 14.5 Å². The summed E-state index contributed by atoms with van der Waals surface area (Å²) in [4.78, 5) is 27.8. The Kier molecular flexibility index (Phi) is 4.49. The minimum absolute atomic E-state index is 0.0248. The molecular weight excluding hydrogens is 430 g/mol. The molecule has 1 N–H and O–H groups in total. The Labute approximate surface area is 167 Å². The maximum atomic E-state index is 13.1. The number of amides is 1. The molecule has 3 heterocycles. The van der Waals surface area contributed by atoms with Gasteiger partial charge in [0.05, 0.1) is 10.5 Å². The molecule has 7 heteroatoms. The molecule has 27 heavy (non-hydrogen) atoms. The second kappa shape index (κ2) is 6.83. The molecule has 1 aromatic carbocycles. The third-order valence-electron chi connectivity index (χ3n) is 4.31. The summed E-state index contributed by atoms with van der Waals surface area (Å²) in [6.45, 7) is 1.79. The molecule has 4 rings (SSSR count). The number of rotatable bonds is 4. The molecule has 1 unspecified atom stereocenters. The number of aliphatic hydroxyl groups is 1. The van der Waals surface area contributed by atoms with Crippen molar-refractivity contribution in [1.29, 1.82) is 0 Å². The lowest BCUT2D eigenvalue weighted by Crippen LogP contribution is -2.30. The van der Waals surface area contributed by atoms with E-state index in [1.165, 1.54) is 16.2 Å². The van der Waals surface area contributed by atoms with Gasteiger partial charge in [-0.25, -0.2) is 0 Å². The van der Waals surface area contributed by atoms with E-state index in [4.69, 9.17) is 4.42 Å². The second-order valence-corrected chi connectivity index (χ2v) is 7.94. The molecule has 0 bridgehead atoms. The number of ketones is 1. The fourth-order valence-electron chi connectivity index (χ4n) is 3.14. The highest BCUT2D eigenvalue weighted by Crippen LogP contribution is 2.43. The Bertz CT molecular complexity index is 1070. The van der Waals surface area contributed by atoms with Crippen molar-refractivity contribution in [2.24, 2.45) is 0 Å². The van der Waals surface area contributed by atoms with E-state index in [9.17, 15) is 14.7 Å². The molecule has 0 fully saturated rings. The van der Waals surface area contributed by atoms with E-state index in [0.29, 0.717) is 22.1 Å². The average Bonchev–Trinajstić information content (AvgIpc) is 3.36. The molecule has 1 atom stereocenters. The summed E-state index contributed by atoms with van der Waals surface area (Å²) in [6.07, 6.45) is 0. The number of hydrogen-bond acceptors (Lipinski definition) is 5. The molecule has 1 aliphatic heterocycles. The lowest BCUT2D eigenvalue weighted by Gasteiger charge is -2.25. The highest BCUT2D eigenvalue weighted by atomic mass is 79.9. The first-order valence-electron chi connectivity index (χ1n) is 8.14. The molecule has 3 aromatic rings. The standard InChI is InChI=1S/C20H14BrNO4S/c1-11-7-8-14(26-11)17-16(18(23)15-6-3-9-27-15)19(24)20(25)22(17)13-5-2-4-12(21)10-13/h2-10,17,24H,1H3. The molecule has 1 aliphatic rings. The van der Waals surface area contributed by atoms with Gasteiger partial charge in [0.1, 0.15) is 17.6 Å². The van der Waals surface area contributed by atoms with Crippen LogP contribution in [0.25, 0.3) is 0 Å². The zero-order valence-electron chi connectivity index (χ0n) is 14.2. The Balaban J connectivity index is 1.88. The van der Waals surface area contributed by atoms with Gasteiger partial charge in [-0.05, 0) is 48.7 Å². The van der Waals surface area contributed by atoms with Crippen LogP contribution in [0.2, 0.25) is 0 Å². The average molecular weight is 444 g/mol. The van der Waals surface area contributed by atoms with E-state index in [2.05, 4.69) is 15.9 Å². The molecule has 0 spiro atoms. The van der Waals surface area contributed by atoms with Gasteiger partial charge in [0.25, 0.3) is 5.91 Å². The highest BCUT2D eigenvalue weighted by Gasteiger charge is 2.46. The third-order valence-corrected chi connectivity index (χ3v) is 5.68. The summed E-state index contributed by atoms with van der Waals surface area (Å²) in [7, 11) is 0. The number of aliphatic hydroxyl groups excluding tert-OH is 1. The summed E-state index contributed by atoms with van der Waals surface area (Å²) < 4.78 is 6.52. The number of carbonyl (C=O) groups is 2.